The molecular weight excluding hydrogens is 369 g/mol. The number of ether oxygens (including phenoxy) is 2. The zero-order valence-electron chi connectivity index (χ0n) is 17.3. The Kier molecular flexibility index (Phi) is 5.56. The molecule has 154 valence electrons. The average molecular weight is 397 g/mol. The standard InChI is InChI=1S/C23H28FN3O2/c1-17-7-8-21-25-22(18-5-4-6-19(13-18)29-3)20(27(21)14-17)15-26-11-9-23(24,10-12-26)16-28-2/h4-8,13-14H,9-12,15-16H2,1-3H3. The van der Waals surface area contributed by atoms with Crippen molar-refractivity contribution in [2.24, 2.45) is 0 Å². The number of likely N-dealkylation sites (tertiary alicyclic amines) is 1. The fourth-order valence-corrected chi connectivity index (χ4v) is 4.08. The Morgan fingerprint density at radius 3 is 2.66 bits per heavy atom. The lowest BCUT2D eigenvalue weighted by molar-refractivity contribution is -0.0104. The topological polar surface area (TPSA) is 39.0 Å². The van der Waals surface area contributed by atoms with E-state index in [1.807, 2.05) is 24.3 Å². The van der Waals surface area contributed by atoms with Gasteiger partial charge in [-0.3, -0.25) is 4.90 Å². The van der Waals surface area contributed by atoms with Crippen LogP contribution in [0.1, 0.15) is 24.1 Å². The van der Waals surface area contributed by atoms with Crippen LogP contribution in [0.15, 0.2) is 42.6 Å². The van der Waals surface area contributed by atoms with Crippen LogP contribution < -0.4 is 4.74 Å². The molecule has 3 aromatic rings. The first kappa shape index (κ1) is 19.9. The Labute approximate surface area is 171 Å². The quantitative estimate of drug-likeness (QED) is 0.623. The molecule has 1 aliphatic heterocycles. The van der Waals surface area contributed by atoms with Crippen LogP contribution in [0.3, 0.4) is 0 Å². The van der Waals surface area contributed by atoms with Crippen LogP contribution in [0.2, 0.25) is 0 Å². The highest BCUT2D eigenvalue weighted by Gasteiger charge is 2.35. The molecule has 2 aromatic heterocycles. The molecule has 0 N–H and O–H groups in total. The van der Waals surface area contributed by atoms with Crippen molar-refractivity contribution in [2.45, 2.75) is 32.0 Å². The summed E-state index contributed by atoms with van der Waals surface area (Å²) in [4.78, 5) is 7.22. The van der Waals surface area contributed by atoms with E-state index in [1.165, 1.54) is 5.56 Å². The van der Waals surface area contributed by atoms with E-state index in [0.717, 1.165) is 34.9 Å². The third-order valence-corrected chi connectivity index (χ3v) is 5.74. The fraction of sp³-hybridized carbons (Fsp3) is 0.435. The smallest absolute Gasteiger partial charge is 0.137 e. The van der Waals surface area contributed by atoms with Crippen molar-refractivity contribution in [2.75, 3.05) is 33.9 Å². The maximum absolute atomic E-state index is 14.8. The summed E-state index contributed by atoms with van der Waals surface area (Å²) >= 11 is 0. The molecule has 0 amide bonds. The minimum atomic E-state index is -1.21. The van der Waals surface area contributed by atoms with E-state index in [9.17, 15) is 4.39 Å². The summed E-state index contributed by atoms with van der Waals surface area (Å²) in [5, 5.41) is 0. The average Bonchev–Trinajstić information content (AvgIpc) is 3.07. The van der Waals surface area contributed by atoms with Crippen LogP contribution in [-0.2, 0) is 11.3 Å². The Morgan fingerprint density at radius 2 is 1.93 bits per heavy atom. The molecule has 1 aromatic carbocycles. The number of benzene rings is 1. The van der Waals surface area contributed by atoms with Gasteiger partial charge in [-0.1, -0.05) is 18.2 Å². The van der Waals surface area contributed by atoms with Crippen LogP contribution in [0.5, 0.6) is 5.75 Å². The second-order valence-corrected chi connectivity index (χ2v) is 7.93. The van der Waals surface area contributed by atoms with Gasteiger partial charge in [-0.05, 0) is 43.5 Å². The van der Waals surface area contributed by atoms with Gasteiger partial charge in [-0.2, -0.15) is 0 Å². The van der Waals surface area contributed by atoms with Crippen molar-refractivity contribution in [1.82, 2.24) is 14.3 Å². The van der Waals surface area contributed by atoms with Gasteiger partial charge >= 0.3 is 0 Å². The Bertz CT molecular complexity index is 993. The number of rotatable bonds is 6. The highest BCUT2D eigenvalue weighted by Crippen LogP contribution is 2.31. The molecule has 1 aliphatic rings. The summed E-state index contributed by atoms with van der Waals surface area (Å²) < 4.78 is 27.4. The van der Waals surface area contributed by atoms with Gasteiger partial charge in [0.1, 0.15) is 17.1 Å². The third-order valence-electron chi connectivity index (χ3n) is 5.74. The number of imidazole rings is 1. The van der Waals surface area contributed by atoms with Gasteiger partial charge in [0.05, 0.1) is 25.1 Å². The number of hydrogen-bond acceptors (Lipinski definition) is 4. The van der Waals surface area contributed by atoms with Gasteiger partial charge in [0, 0.05) is 38.5 Å². The molecule has 1 saturated heterocycles. The molecule has 4 rings (SSSR count). The largest absolute Gasteiger partial charge is 0.497 e. The van der Waals surface area contributed by atoms with Gasteiger partial charge in [0.2, 0.25) is 0 Å². The second-order valence-electron chi connectivity index (χ2n) is 7.93. The number of nitrogens with zero attached hydrogens (tertiary/aromatic N) is 3. The van der Waals surface area contributed by atoms with Crippen LogP contribution in [0.25, 0.3) is 16.9 Å². The van der Waals surface area contributed by atoms with E-state index >= 15 is 0 Å². The van der Waals surface area contributed by atoms with Crippen LogP contribution in [0.4, 0.5) is 4.39 Å². The number of hydrogen-bond donors (Lipinski definition) is 0. The normalized spacial score (nSPS) is 17.0. The highest BCUT2D eigenvalue weighted by molar-refractivity contribution is 5.68. The predicted molar refractivity (Wildman–Crippen MR) is 112 cm³/mol. The van der Waals surface area contributed by atoms with Gasteiger partial charge in [-0.25, -0.2) is 9.37 Å². The minimum absolute atomic E-state index is 0.171. The number of fused-ring (bicyclic) bond motifs is 1. The van der Waals surface area contributed by atoms with Crippen molar-refractivity contribution < 1.29 is 13.9 Å². The zero-order valence-corrected chi connectivity index (χ0v) is 17.3. The SMILES string of the molecule is COCC1(F)CCN(Cc2c(-c3cccc(OC)c3)nc3ccc(C)cn23)CC1. The molecule has 0 bridgehead atoms. The third kappa shape index (κ3) is 4.14. The molecule has 0 aliphatic carbocycles. The zero-order chi connectivity index (χ0) is 20.4. The lowest BCUT2D eigenvalue weighted by Gasteiger charge is -2.35. The molecule has 6 heteroatoms. The maximum atomic E-state index is 14.8. The molecular formula is C23H28FN3O2. The van der Waals surface area contributed by atoms with Crippen molar-refractivity contribution in [3.05, 3.63) is 53.9 Å². The van der Waals surface area contributed by atoms with Gasteiger partial charge in [0.25, 0.3) is 0 Å². The summed E-state index contributed by atoms with van der Waals surface area (Å²) in [7, 11) is 3.24. The van der Waals surface area contributed by atoms with E-state index in [-0.39, 0.29) is 6.61 Å². The number of halogens is 1. The molecule has 3 heterocycles. The Morgan fingerprint density at radius 1 is 1.14 bits per heavy atom. The van der Waals surface area contributed by atoms with E-state index < -0.39 is 5.67 Å². The van der Waals surface area contributed by atoms with Crippen molar-refractivity contribution in [1.29, 1.82) is 0 Å². The molecule has 0 spiro atoms. The molecule has 0 saturated carbocycles. The Balaban J connectivity index is 1.68. The number of piperidine rings is 1. The first-order chi connectivity index (χ1) is 14.0. The van der Waals surface area contributed by atoms with Gasteiger partial charge in [0.15, 0.2) is 0 Å². The lowest BCUT2D eigenvalue weighted by atomic mass is 9.94. The van der Waals surface area contributed by atoms with Gasteiger partial charge in [-0.15, -0.1) is 0 Å². The monoisotopic (exact) mass is 397 g/mol. The van der Waals surface area contributed by atoms with Crippen molar-refractivity contribution in [3.8, 4) is 17.0 Å². The van der Waals surface area contributed by atoms with E-state index in [1.54, 1.807) is 14.2 Å². The first-order valence-electron chi connectivity index (χ1n) is 10.0. The number of methoxy groups -OCH3 is 2. The van der Waals surface area contributed by atoms with Crippen LogP contribution >= 0.6 is 0 Å². The van der Waals surface area contributed by atoms with E-state index in [4.69, 9.17) is 14.5 Å². The lowest BCUT2D eigenvalue weighted by Crippen LogP contribution is -2.44. The number of aryl methyl sites for hydroxylation is 1. The molecule has 1 fully saturated rings. The summed E-state index contributed by atoms with van der Waals surface area (Å²) in [5.41, 5.74) is 3.97. The molecule has 0 unspecified atom stereocenters. The predicted octanol–water partition coefficient (Wildman–Crippen LogP) is 4.27. The first-order valence-corrected chi connectivity index (χ1v) is 10.0. The maximum Gasteiger partial charge on any atom is 0.137 e. The molecule has 0 atom stereocenters. The van der Waals surface area contributed by atoms with Crippen LogP contribution in [0, 0.1) is 6.92 Å². The van der Waals surface area contributed by atoms with E-state index in [2.05, 4.69) is 34.6 Å². The minimum Gasteiger partial charge on any atom is -0.497 e. The summed E-state index contributed by atoms with van der Waals surface area (Å²) in [6.07, 6.45) is 3.10. The van der Waals surface area contributed by atoms with Crippen molar-refractivity contribution in [3.63, 3.8) is 0 Å². The molecule has 29 heavy (non-hydrogen) atoms. The Hall–Kier alpha value is -2.44. The summed E-state index contributed by atoms with van der Waals surface area (Å²) in [6, 6.07) is 12.1. The number of pyridine rings is 1. The summed E-state index contributed by atoms with van der Waals surface area (Å²) in [5.74, 6) is 0.807. The molecule has 5 nitrogen and oxygen atoms in total. The van der Waals surface area contributed by atoms with Crippen LogP contribution in [-0.4, -0.2) is 53.9 Å². The number of alkyl halides is 1. The summed E-state index contributed by atoms with van der Waals surface area (Å²) in [6.45, 7) is 4.38. The highest BCUT2D eigenvalue weighted by atomic mass is 19.1. The fourth-order valence-electron chi connectivity index (χ4n) is 4.08. The van der Waals surface area contributed by atoms with Crippen molar-refractivity contribution >= 4 is 5.65 Å². The van der Waals surface area contributed by atoms with E-state index in [0.29, 0.717) is 25.9 Å². The second kappa shape index (κ2) is 8.13. The molecule has 0 radical (unpaired) electrons. The number of aromatic nitrogens is 2. The van der Waals surface area contributed by atoms with Gasteiger partial charge < -0.3 is 13.9 Å².